The molecule has 1 N–H and O–H groups in total. The number of alkyl halides is 3. The maximum absolute atomic E-state index is 14.5. The van der Waals surface area contributed by atoms with Crippen molar-refractivity contribution in [2.75, 3.05) is 34.9 Å². The molecule has 212 valence electrons. The van der Waals surface area contributed by atoms with Crippen LogP contribution in [0.2, 0.25) is 10.0 Å². The zero-order valence-corrected chi connectivity index (χ0v) is 23.9. The van der Waals surface area contributed by atoms with Crippen LogP contribution in [-0.2, 0) is 16.5 Å². The van der Waals surface area contributed by atoms with E-state index in [1.165, 1.54) is 26.4 Å². The number of ether oxygens (including phenoxy) is 3. The van der Waals surface area contributed by atoms with Gasteiger partial charge in [-0.1, -0.05) is 29.3 Å². The van der Waals surface area contributed by atoms with E-state index in [9.17, 15) is 17.4 Å². The summed E-state index contributed by atoms with van der Waals surface area (Å²) in [5, 5.41) is 0.682. The molecule has 0 aliphatic heterocycles. The van der Waals surface area contributed by atoms with Crippen molar-refractivity contribution < 1.29 is 31.6 Å². The minimum Gasteiger partial charge on any atom is -0.497 e. The lowest BCUT2D eigenvalue weighted by molar-refractivity contribution is -0.274. The average Bonchev–Trinajstić information content (AvgIpc) is 2.87. The van der Waals surface area contributed by atoms with Gasteiger partial charge in [-0.25, -0.2) is 13.3 Å². The fourth-order valence-electron chi connectivity index (χ4n) is 3.65. The van der Waals surface area contributed by atoms with E-state index in [2.05, 4.69) is 13.8 Å². The van der Waals surface area contributed by atoms with E-state index >= 15 is 0 Å². The van der Waals surface area contributed by atoms with Crippen LogP contribution in [0.1, 0.15) is 17.2 Å². The smallest absolute Gasteiger partial charge is 0.497 e. The Hall–Kier alpha value is -2.70. The standard InChI is InChI=1S/C26H28Cl2F3N3O4S/c1-34(2)16-24(17-6-12-22(27)23(28)13-17)33-39(35,21-10-8-19(9-11-21)38-26(29,30)31)32-15-18-5-7-20(36-3)14-25(18)37-4/h5-14,24H,15-16H2,1-4H3,(H,32,33,35). The second kappa shape index (κ2) is 13.1. The normalized spacial score (nSPS) is 14.0. The average molecular weight is 606 g/mol. The number of halogens is 5. The molecule has 0 saturated heterocycles. The van der Waals surface area contributed by atoms with E-state index in [1.807, 2.05) is 19.0 Å². The lowest BCUT2D eigenvalue weighted by atomic mass is 10.1. The summed E-state index contributed by atoms with van der Waals surface area (Å²) in [4.78, 5) is 2.04. The lowest BCUT2D eigenvalue weighted by Crippen LogP contribution is -2.35. The highest BCUT2D eigenvalue weighted by Crippen LogP contribution is 2.30. The van der Waals surface area contributed by atoms with E-state index < -0.39 is 28.1 Å². The van der Waals surface area contributed by atoms with Gasteiger partial charge in [0.25, 0.3) is 0 Å². The third-order valence-corrected chi connectivity index (χ3v) is 8.23. The molecule has 0 bridgehead atoms. The summed E-state index contributed by atoms with van der Waals surface area (Å²) in [7, 11) is 3.27. The van der Waals surface area contributed by atoms with Crippen molar-refractivity contribution in [2.45, 2.75) is 23.8 Å². The van der Waals surface area contributed by atoms with Crippen LogP contribution in [0.15, 0.2) is 69.9 Å². The largest absolute Gasteiger partial charge is 0.573 e. The minimum atomic E-state index is -4.86. The topological polar surface area (TPSA) is 72.4 Å². The Bertz CT molecular complexity index is 1400. The molecular formula is C26H28Cl2F3N3O4S. The van der Waals surface area contributed by atoms with Crippen molar-refractivity contribution in [3.05, 3.63) is 81.8 Å². The Balaban J connectivity index is 2.09. The first-order chi connectivity index (χ1) is 18.3. The Morgan fingerprint density at radius 1 is 0.949 bits per heavy atom. The molecule has 0 aliphatic carbocycles. The van der Waals surface area contributed by atoms with Crippen LogP contribution >= 0.6 is 23.2 Å². The summed E-state index contributed by atoms with van der Waals surface area (Å²) in [6.45, 7) is 0.363. The number of hydrogen-bond acceptors (Lipinski definition) is 6. The molecule has 3 aromatic rings. The van der Waals surface area contributed by atoms with Gasteiger partial charge in [0, 0.05) is 18.2 Å². The second-order valence-electron chi connectivity index (χ2n) is 8.62. The first-order valence-corrected chi connectivity index (χ1v) is 13.8. The molecular weight excluding hydrogens is 578 g/mol. The lowest BCUT2D eigenvalue weighted by Gasteiger charge is -2.25. The first kappa shape index (κ1) is 30.8. The third kappa shape index (κ3) is 8.64. The van der Waals surface area contributed by atoms with Crippen LogP contribution in [0.3, 0.4) is 0 Å². The van der Waals surface area contributed by atoms with Crippen molar-refractivity contribution in [3.63, 3.8) is 0 Å². The number of rotatable bonds is 11. The highest BCUT2D eigenvalue weighted by Gasteiger charge is 2.31. The summed E-state index contributed by atoms with van der Waals surface area (Å²) in [5.41, 5.74) is 1.32. The summed E-state index contributed by atoms with van der Waals surface area (Å²) in [5.74, 6) is 0.600. The third-order valence-electron chi connectivity index (χ3n) is 5.48. The molecule has 2 unspecified atom stereocenters. The number of benzene rings is 3. The monoisotopic (exact) mass is 605 g/mol. The van der Waals surface area contributed by atoms with Gasteiger partial charge in [0.15, 0.2) is 0 Å². The number of likely N-dealkylation sites (N-methyl/N-ethyl adjacent to an activating group) is 1. The van der Waals surface area contributed by atoms with Crippen molar-refractivity contribution >= 4 is 33.1 Å². The predicted molar refractivity (Wildman–Crippen MR) is 146 cm³/mol. The molecule has 0 spiro atoms. The van der Waals surface area contributed by atoms with E-state index in [0.29, 0.717) is 39.2 Å². The number of nitrogens with one attached hydrogen (secondary N) is 1. The summed E-state index contributed by atoms with van der Waals surface area (Å²) < 4.78 is 74.9. The molecule has 0 amide bonds. The Morgan fingerprint density at radius 2 is 1.62 bits per heavy atom. The maximum Gasteiger partial charge on any atom is 0.573 e. The Kier molecular flexibility index (Phi) is 10.4. The van der Waals surface area contributed by atoms with Gasteiger partial charge >= 0.3 is 6.36 Å². The van der Waals surface area contributed by atoms with Gasteiger partial charge in [-0.2, -0.15) is 0 Å². The highest BCUT2D eigenvalue weighted by atomic mass is 35.5. The van der Waals surface area contributed by atoms with Crippen molar-refractivity contribution in [3.8, 4) is 17.2 Å². The molecule has 2 atom stereocenters. The van der Waals surface area contributed by atoms with E-state index in [4.69, 9.17) is 32.7 Å². The molecule has 3 rings (SSSR count). The van der Waals surface area contributed by atoms with E-state index in [1.54, 1.807) is 36.4 Å². The van der Waals surface area contributed by atoms with Gasteiger partial charge in [0.05, 0.1) is 41.7 Å². The van der Waals surface area contributed by atoms with Crippen LogP contribution in [0.5, 0.6) is 17.2 Å². The fourth-order valence-corrected chi connectivity index (χ4v) is 5.73. The first-order valence-electron chi connectivity index (χ1n) is 11.5. The molecule has 7 nitrogen and oxygen atoms in total. The summed E-state index contributed by atoms with van der Waals surface area (Å²) in [6.07, 6.45) is -4.86. The van der Waals surface area contributed by atoms with Crippen molar-refractivity contribution in [1.82, 2.24) is 9.62 Å². The Labute approximate surface area is 236 Å². The van der Waals surface area contributed by atoms with Crippen LogP contribution in [0.25, 0.3) is 0 Å². The fraction of sp³-hybridized carbons (Fsp3) is 0.308. The van der Waals surface area contributed by atoms with Gasteiger partial charge in [0.2, 0.25) is 0 Å². The molecule has 0 radical (unpaired) electrons. The van der Waals surface area contributed by atoms with E-state index in [-0.39, 0.29) is 11.4 Å². The van der Waals surface area contributed by atoms with Crippen molar-refractivity contribution in [1.29, 1.82) is 0 Å². The molecule has 0 saturated carbocycles. The second-order valence-corrected chi connectivity index (χ2v) is 11.4. The molecule has 39 heavy (non-hydrogen) atoms. The summed E-state index contributed by atoms with van der Waals surface area (Å²) >= 11 is 12.4. The Morgan fingerprint density at radius 3 is 2.18 bits per heavy atom. The molecule has 0 fully saturated rings. The molecule has 0 aliphatic rings. The molecule has 3 aromatic carbocycles. The van der Waals surface area contributed by atoms with Gasteiger partial charge in [0.1, 0.15) is 27.2 Å². The van der Waals surface area contributed by atoms with Crippen molar-refractivity contribution in [2.24, 2.45) is 4.36 Å². The zero-order valence-electron chi connectivity index (χ0n) is 21.6. The number of methoxy groups -OCH3 is 2. The van der Waals surface area contributed by atoms with Gasteiger partial charge in [-0.05, 0) is 68.2 Å². The molecule has 0 aromatic heterocycles. The minimum absolute atomic E-state index is 0.0319. The molecule has 13 heteroatoms. The van der Waals surface area contributed by atoms with Crippen LogP contribution in [-0.4, -0.2) is 50.3 Å². The zero-order chi connectivity index (χ0) is 28.8. The SMILES string of the molecule is COc1ccc(CN=S(=O)(NC(CN(C)C)c2ccc(Cl)c(Cl)c2)c2ccc(OC(F)(F)F)cc2)c(OC)c1. The number of hydrogen-bond donors (Lipinski definition) is 1. The predicted octanol–water partition coefficient (Wildman–Crippen LogP) is 6.74. The quantitative estimate of drug-likeness (QED) is 0.262. The van der Waals surface area contributed by atoms with Crippen LogP contribution < -0.4 is 18.9 Å². The summed E-state index contributed by atoms with van der Waals surface area (Å²) in [6, 6.07) is 14.4. The van der Waals surface area contributed by atoms with Gasteiger partial charge in [-0.15, -0.1) is 13.2 Å². The van der Waals surface area contributed by atoms with Gasteiger partial charge < -0.3 is 19.1 Å². The highest BCUT2D eigenvalue weighted by molar-refractivity contribution is 7.91. The number of nitrogens with zero attached hydrogens (tertiary/aromatic N) is 2. The molecule has 0 heterocycles. The van der Waals surface area contributed by atoms with Crippen LogP contribution in [0, 0.1) is 0 Å². The van der Waals surface area contributed by atoms with Crippen LogP contribution in [0.4, 0.5) is 13.2 Å². The maximum atomic E-state index is 14.5. The van der Waals surface area contributed by atoms with E-state index in [0.717, 1.165) is 12.1 Å². The van der Waals surface area contributed by atoms with Gasteiger partial charge in [-0.3, -0.25) is 0 Å².